The molecule has 0 saturated carbocycles. The fourth-order valence-corrected chi connectivity index (χ4v) is 4.73. The zero-order valence-electron chi connectivity index (χ0n) is 11.0. The molecule has 114 valence electrons. The van der Waals surface area contributed by atoms with E-state index in [4.69, 9.17) is 34.8 Å². The van der Waals surface area contributed by atoms with Crippen molar-refractivity contribution < 1.29 is 8.42 Å². The Hall–Kier alpha value is -0.300. The van der Waals surface area contributed by atoms with Gasteiger partial charge in [0, 0.05) is 29.4 Å². The van der Waals surface area contributed by atoms with Crippen LogP contribution in [0, 0.1) is 0 Å². The summed E-state index contributed by atoms with van der Waals surface area (Å²) in [4.78, 5) is 1.01. The van der Waals surface area contributed by atoms with Crippen molar-refractivity contribution in [1.82, 2.24) is 4.31 Å². The molecule has 21 heavy (non-hydrogen) atoms. The summed E-state index contributed by atoms with van der Waals surface area (Å²) in [6.45, 7) is 0.259. The van der Waals surface area contributed by atoms with Gasteiger partial charge in [0.25, 0.3) is 0 Å². The molecule has 0 bridgehead atoms. The highest BCUT2D eigenvalue weighted by molar-refractivity contribution is 7.89. The fraction of sp³-hybridized carbons (Fsp3) is 0.231. The lowest BCUT2D eigenvalue weighted by Crippen LogP contribution is -2.26. The second-order valence-electron chi connectivity index (χ2n) is 4.35. The second-order valence-corrected chi connectivity index (χ2v) is 8.87. The monoisotopic (exact) mass is 383 g/mol. The molecule has 0 amide bonds. The molecule has 3 nitrogen and oxygen atoms in total. The molecular weight excluding hydrogens is 373 g/mol. The van der Waals surface area contributed by atoms with E-state index in [0.29, 0.717) is 14.9 Å². The molecule has 1 aromatic carbocycles. The molecule has 8 heteroatoms. The number of benzene rings is 1. The van der Waals surface area contributed by atoms with Gasteiger partial charge in [-0.05, 0) is 29.8 Å². The van der Waals surface area contributed by atoms with Gasteiger partial charge in [-0.25, -0.2) is 8.42 Å². The number of hydrogen-bond acceptors (Lipinski definition) is 3. The summed E-state index contributed by atoms with van der Waals surface area (Å²) in [7, 11) is -2.09. The number of thiophene rings is 1. The Bertz CT molecular complexity index is 744. The van der Waals surface area contributed by atoms with Gasteiger partial charge in [0.05, 0.1) is 9.23 Å². The quantitative estimate of drug-likeness (QED) is 0.706. The zero-order valence-corrected chi connectivity index (χ0v) is 14.9. The Labute approximate surface area is 143 Å². The molecule has 0 unspecified atom stereocenters. The van der Waals surface area contributed by atoms with E-state index in [1.807, 2.05) is 6.07 Å². The zero-order chi connectivity index (χ0) is 15.6. The third-order valence-corrected chi connectivity index (χ3v) is 6.54. The molecule has 0 radical (unpaired) electrons. The van der Waals surface area contributed by atoms with Gasteiger partial charge in [-0.1, -0.05) is 29.3 Å². The van der Waals surface area contributed by atoms with Crippen molar-refractivity contribution in [3.05, 3.63) is 50.1 Å². The summed E-state index contributed by atoms with van der Waals surface area (Å²) < 4.78 is 26.9. The van der Waals surface area contributed by atoms with Crippen LogP contribution in [0.1, 0.15) is 10.4 Å². The first-order valence-corrected chi connectivity index (χ1v) is 9.44. The summed E-state index contributed by atoms with van der Waals surface area (Å²) in [5, 5.41) is 0.346. The summed E-state index contributed by atoms with van der Waals surface area (Å²) in [6, 6.07) is 8.11. The lowest BCUT2D eigenvalue weighted by atomic mass is 10.2. The first-order chi connectivity index (χ1) is 9.84. The Balaban J connectivity index is 2.26. The van der Waals surface area contributed by atoms with Crippen molar-refractivity contribution in [3.8, 4) is 0 Å². The molecule has 0 N–H and O–H groups in total. The highest BCUT2D eigenvalue weighted by Crippen LogP contribution is 2.27. The van der Waals surface area contributed by atoms with Crippen molar-refractivity contribution in [1.29, 1.82) is 0 Å². The molecular formula is C13H12Cl3NO2S2. The van der Waals surface area contributed by atoms with Gasteiger partial charge in [-0.2, -0.15) is 4.31 Å². The van der Waals surface area contributed by atoms with Crippen LogP contribution >= 0.6 is 46.1 Å². The van der Waals surface area contributed by atoms with Crippen LogP contribution in [0.25, 0.3) is 0 Å². The summed E-state index contributed by atoms with van der Waals surface area (Å²) in [5.74, 6) is 0.239. The van der Waals surface area contributed by atoms with Crippen molar-refractivity contribution in [2.45, 2.75) is 17.3 Å². The van der Waals surface area contributed by atoms with Crippen LogP contribution in [0.3, 0.4) is 0 Å². The first-order valence-electron chi connectivity index (χ1n) is 5.89. The van der Waals surface area contributed by atoms with Gasteiger partial charge >= 0.3 is 0 Å². The van der Waals surface area contributed by atoms with Gasteiger partial charge < -0.3 is 0 Å². The van der Waals surface area contributed by atoms with E-state index in [0.717, 1.165) is 4.88 Å². The van der Waals surface area contributed by atoms with Crippen LogP contribution in [-0.2, 0) is 22.4 Å². The topological polar surface area (TPSA) is 37.4 Å². The third-order valence-electron chi connectivity index (χ3n) is 2.88. The smallest absolute Gasteiger partial charge is 0.207 e. The molecule has 0 aliphatic rings. The summed E-state index contributed by atoms with van der Waals surface area (Å²) >= 11 is 18.9. The maximum absolute atomic E-state index is 12.5. The van der Waals surface area contributed by atoms with E-state index >= 15 is 0 Å². The lowest BCUT2D eigenvalue weighted by molar-refractivity contribution is 0.469. The maximum Gasteiger partial charge on any atom is 0.243 e. The fourth-order valence-electron chi connectivity index (χ4n) is 1.72. The van der Waals surface area contributed by atoms with Crippen LogP contribution in [-0.4, -0.2) is 19.8 Å². The van der Waals surface area contributed by atoms with E-state index in [-0.39, 0.29) is 17.3 Å². The molecule has 0 atom stereocenters. The second kappa shape index (κ2) is 6.86. The SMILES string of the molecule is CN(Cc1ccc(Cl)s1)S(=O)(=O)c1ccc(CCl)c(Cl)c1. The van der Waals surface area contributed by atoms with Gasteiger partial charge in [-0.15, -0.1) is 22.9 Å². The number of nitrogens with zero attached hydrogens (tertiary/aromatic N) is 1. The Morgan fingerprint density at radius 2 is 1.90 bits per heavy atom. The molecule has 1 heterocycles. The van der Waals surface area contributed by atoms with Crippen molar-refractivity contribution in [2.24, 2.45) is 0 Å². The number of rotatable bonds is 5. The van der Waals surface area contributed by atoms with Crippen LogP contribution in [0.15, 0.2) is 35.2 Å². The molecule has 0 saturated heterocycles. The number of halogens is 3. The third kappa shape index (κ3) is 3.92. The average Bonchev–Trinajstić information content (AvgIpc) is 2.83. The number of alkyl halides is 1. The van der Waals surface area contributed by atoms with E-state index in [1.165, 1.54) is 34.8 Å². The Kier molecular flexibility index (Phi) is 5.57. The summed E-state index contributed by atoms with van der Waals surface area (Å²) in [5.41, 5.74) is 0.699. The van der Waals surface area contributed by atoms with Gasteiger partial charge in [0.2, 0.25) is 10.0 Å². The molecule has 2 rings (SSSR count). The minimum Gasteiger partial charge on any atom is -0.207 e. The minimum absolute atomic E-state index is 0.145. The molecule has 0 spiro atoms. The number of sulfonamides is 1. The van der Waals surface area contributed by atoms with Crippen molar-refractivity contribution in [2.75, 3.05) is 7.05 Å². The Morgan fingerprint density at radius 3 is 2.43 bits per heavy atom. The van der Waals surface area contributed by atoms with E-state index in [2.05, 4.69) is 0 Å². The van der Waals surface area contributed by atoms with Crippen LogP contribution < -0.4 is 0 Å². The van der Waals surface area contributed by atoms with Gasteiger partial charge in [0.15, 0.2) is 0 Å². The summed E-state index contributed by atoms with van der Waals surface area (Å²) in [6.07, 6.45) is 0. The van der Waals surface area contributed by atoms with E-state index < -0.39 is 10.0 Å². The van der Waals surface area contributed by atoms with E-state index in [9.17, 15) is 8.42 Å². The molecule has 0 aliphatic carbocycles. The van der Waals surface area contributed by atoms with Crippen LogP contribution in [0.5, 0.6) is 0 Å². The van der Waals surface area contributed by atoms with Crippen molar-refractivity contribution >= 4 is 56.2 Å². The van der Waals surface area contributed by atoms with E-state index in [1.54, 1.807) is 12.1 Å². The van der Waals surface area contributed by atoms with Gasteiger partial charge in [0.1, 0.15) is 0 Å². The molecule has 2 aromatic rings. The average molecular weight is 385 g/mol. The predicted octanol–water partition coefficient (Wildman–Crippen LogP) is 4.61. The van der Waals surface area contributed by atoms with Crippen molar-refractivity contribution in [3.63, 3.8) is 0 Å². The minimum atomic E-state index is -3.61. The standard InChI is InChI=1S/C13H12Cl3NO2S2/c1-17(8-10-3-5-13(16)20-10)21(18,19)11-4-2-9(7-14)12(15)6-11/h2-6H,7-8H2,1H3. The van der Waals surface area contributed by atoms with Gasteiger partial charge in [-0.3, -0.25) is 0 Å². The maximum atomic E-state index is 12.5. The molecule has 0 aliphatic heterocycles. The molecule has 1 aromatic heterocycles. The van der Waals surface area contributed by atoms with Crippen LogP contribution in [0.2, 0.25) is 9.36 Å². The first kappa shape index (κ1) is 17.1. The normalized spacial score (nSPS) is 12.0. The lowest BCUT2D eigenvalue weighted by Gasteiger charge is -2.17. The molecule has 0 fully saturated rings. The largest absolute Gasteiger partial charge is 0.243 e. The highest BCUT2D eigenvalue weighted by atomic mass is 35.5. The Morgan fingerprint density at radius 1 is 1.19 bits per heavy atom. The van der Waals surface area contributed by atoms with Crippen LogP contribution in [0.4, 0.5) is 0 Å². The number of hydrogen-bond donors (Lipinski definition) is 0. The predicted molar refractivity (Wildman–Crippen MR) is 89.0 cm³/mol. The highest BCUT2D eigenvalue weighted by Gasteiger charge is 2.22.